The molecule has 0 radical (unpaired) electrons. The Bertz CT molecular complexity index is 1030. The maximum Gasteiger partial charge on any atom is 0.266 e. The molecule has 1 N–H and O–H groups in total. The average Bonchev–Trinajstić information content (AvgIpc) is 3.10. The molecule has 3 rings (SSSR count). The fraction of sp³-hybridized carbons (Fsp3) is 0. The third-order valence-corrected chi connectivity index (χ3v) is 4.56. The fourth-order valence-electron chi connectivity index (χ4n) is 2.28. The molecule has 0 bridgehead atoms. The van der Waals surface area contributed by atoms with Gasteiger partial charge in [0.2, 0.25) is 0 Å². The van der Waals surface area contributed by atoms with Gasteiger partial charge >= 0.3 is 0 Å². The zero-order valence-electron chi connectivity index (χ0n) is 13.4. The zero-order valence-corrected chi connectivity index (χ0v) is 15.7. The second-order valence-corrected chi connectivity index (χ2v) is 6.55. The Balaban J connectivity index is 1.84. The second kappa shape index (κ2) is 8.05. The number of nitriles is 1. The van der Waals surface area contributed by atoms with Crippen molar-refractivity contribution in [2.75, 3.05) is 5.32 Å². The zero-order chi connectivity index (χ0) is 18.5. The van der Waals surface area contributed by atoms with Crippen LogP contribution >= 0.6 is 27.5 Å². The minimum absolute atomic E-state index is 0.0687. The Kier molecular flexibility index (Phi) is 5.57. The van der Waals surface area contributed by atoms with E-state index >= 15 is 0 Å². The van der Waals surface area contributed by atoms with Crippen LogP contribution in [0.5, 0.6) is 0 Å². The number of carbonyl (C=O) groups is 1. The summed E-state index contributed by atoms with van der Waals surface area (Å²) < 4.78 is 6.43. The van der Waals surface area contributed by atoms with Crippen LogP contribution in [0.1, 0.15) is 5.76 Å². The highest BCUT2D eigenvalue weighted by molar-refractivity contribution is 9.10. The Hall–Kier alpha value is -2.81. The standard InChI is InChI=1S/C20H12BrClN2O2/c21-16-6-2-4-8-18(16)24-20(25)13(12-23)11-14-9-10-19(26-14)15-5-1-3-7-17(15)22/h1-11H,(H,24,25). The van der Waals surface area contributed by atoms with Gasteiger partial charge in [-0.2, -0.15) is 5.26 Å². The number of halogens is 2. The SMILES string of the molecule is N#CC(=Cc1ccc(-c2ccccc2Cl)o1)C(=O)Nc1ccccc1Br. The molecule has 4 nitrogen and oxygen atoms in total. The number of anilines is 1. The minimum Gasteiger partial charge on any atom is -0.457 e. The number of para-hydroxylation sites is 1. The van der Waals surface area contributed by atoms with Gasteiger partial charge in [0, 0.05) is 16.1 Å². The maximum absolute atomic E-state index is 12.3. The van der Waals surface area contributed by atoms with Crippen molar-refractivity contribution in [1.82, 2.24) is 0 Å². The largest absolute Gasteiger partial charge is 0.457 e. The summed E-state index contributed by atoms with van der Waals surface area (Å²) in [6.07, 6.45) is 1.40. The lowest BCUT2D eigenvalue weighted by Gasteiger charge is -2.05. The summed E-state index contributed by atoms with van der Waals surface area (Å²) in [5, 5.41) is 12.6. The van der Waals surface area contributed by atoms with E-state index in [1.807, 2.05) is 30.3 Å². The summed E-state index contributed by atoms with van der Waals surface area (Å²) in [6.45, 7) is 0. The predicted octanol–water partition coefficient (Wildman–Crippen LogP) is 5.91. The lowest BCUT2D eigenvalue weighted by molar-refractivity contribution is -0.112. The minimum atomic E-state index is -0.518. The number of nitrogens with zero attached hydrogens (tertiary/aromatic N) is 1. The molecule has 1 aromatic heterocycles. The van der Waals surface area contributed by atoms with E-state index in [2.05, 4.69) is 21.2 Å². The van der Waals surface area contributed by atoms with Gasteiger partial charge in [0.15, 0.2) is 0 Å². The quantitative estimate of drug-likeness (QED) is 0.416. The average molecular weight is 428 g/mol. The highest BCUT2D eigenvalue weighted by Crippen LogP contribution is 2.29. The normalized spacial score (nSPS) is 11.0. The molecule has 1 amide bonds. The van der Waals surface area contributed by atoms with Gasteiger partial charge < -0.3 is 9.73 Å². The van der Waals surface area contributed by atoms with Crippen LogP contribution in [-0.4, -0.2) is 5.91 Å². The smallest absolute Gasteiger partial charge is 0.266 e. The maximum atomic E-state index is 12.3. The van der Waals surface area contributed by atoms with Gasteiger partial charge in [-0.1, -0.05) is 35.9 Å². The van der Waals surface area contributed by atoms with Gasteiger partial charge in [0.25, 0.3) is 5.91 Å². The van der Waals surface area contributed by atoms with Crippen LogP contribution in [0.3, 0.4) is 0 Å². The van der Waals surface area contributed by atoms with Crippen LogP contribution < -0.4 is 5.32 Å². The van der Waals surface area contributed by atoms with Crippen molar-refractivity contribution in [3.05, 3.63) is 81.5 Å². The summed E-state index contributed by atoms with van der Waals surface area (Å²) in [6, 6.07) is 19.8. The number of hydrogen-bond acceptors (Lipinski definition) is 3. The van der Waals surface area contributed by atoms with E-state index in [1.54, 1.807) is 36.4 Å². The van der Waals surface area contributed by atoms with Crippen LogP contribution in [0, 0.1) is 11.3 Å². The van der Waals surface area contributed by atoms with Crippen molar-refractivity contribution in [2.45, 2.75) is 0 Å². The van der Waals surface area contributed by atoms with Gasteiger partial charge in [0.05, 0.1) is 10.7 Å². The highest BCUT2D eigenvalue weighted by Gasteiger charge is 2.13. The molecular formula is C20H12BrClN2O2. The number of furan rings is 1. The summed E-state index contributed by atoms with van der Waals surface area (Å²) in [5.41, 5.74) is 1.25. The summed E-state index contributed by atoms with van der Waals surface area (Å²) >= 11 is 9.51. The molecule has 0 aliphatic carbocycles. The topological polar surface area (TPSA) is 66.0 Å². The number of carbonyl (C=O) groups excluding carboxylic acids is 1. The van der Waals surface area contributed by atoms with Gasteiger partial charge in [-0.05, 0) is 52.3 Å². The first-order chi connectivity index (χ1) is 12.6. The van der Waals surface area contributed by atoms with E-state index in [9.17, 15) is 10.1 Å². The monoisotopic (exact) mass is 426 g/mol. The Morgan fingerprint density at radius 1 is 1.12 bits per heavy atom. The molecule has 0 aliphatic rings. The molecule has 128 valence electrons. The summed E-state index contributed by atoms with van der Waals surface area (Å²) in [7, 11) is 0. The van der Waals surface area contributed by atoms with Crippen LogP contribution in [0.2, 0.25) is 5.02 Å². The van der Waals surface area contributed by atoms with Crippen LogP contribution in [-0.2, 0) is 4.79 Å². The lowest BCUT2D eigenvalue weighted by atomic mass is 10.2. The molecule has 0 spiro atoms. The lowest BCUT2D eigenvalue weighted by Crippen LogP contribution is -2.13. The second-order valence-electron chi connectivity index (χ2n) is 5.29. The van der Waals surface area contributed by atoms with Gasteiger partial charge in [-0.3, -0.25) is 4.79 Å². The number of benzene rings is 2. The van der Waals surface area contributed by atoms with Crippen LogP contribution in [0.15, 0.2) is 75.1 Å². The van der Waals surface area contributed by atoms with E-state index in [4.69, 9.17) is 16.0 Å². The van der Waals surface area contributed by atoms with Gasteiger partial charge in [-0.25, -0.2) is 0 Å². The first kappa shape index (κ1) is 18.0. The highest BCUT2D eigenvalue weighted by atomic mass is 79.9. The Labute approximate surface area is 163 Å². The van der Waals surface area contributed by atoms with Gasteiger partial charge in [0.1, 0.15) is 23.2 Å². The molecule has 0 fully saturated rings. The van der Waals surface area contributed by atoms with E-state index in [1.165, 1.54) is 6.08 Å². The Morgan fingerprint density at radius 2 is 1.85 bits per heavy atom. The van der Waals surface area contributed by atoms with Crippen LogP contribution in [0.4, 0.5) is 5.69 Å². The molecule has 0 atom stereocenters. The number of nitrogens with one attached hydrogen (secondary N) is 1. The summed E-state index contributed by atoms with van der Waals surface area (Å²) in [4.78, 5) is 12.3. The molecule has 0 aliphatic heterocycles. The molecule has 6 heteroatoms. The van der Waals surface area contributed by atoms with E-state index in [0.717, 1.165) is 10.0 Å². The van der Waals surface area contributed by atoms with E-state index < -0.39 is 5.91 Å². The van der Waals surface area contributed by atoms with Gasteiger partial charge in [-0.15, -0.1) is 0 Å². The molecule has 0 saturated carbocycles. The first-order valence-electron chi connectivity index (χ1n) is 7.61. The van der Waals surface area contributed by atoms with E-state index in [-0.39, 0.29) is 5.57 Å². The molecule has 1 heterocycles. The molecular weight excluding hydrogens is 416 g/mol. The first-order valence-corrected chi connectivity index (χ1v) is 8.78. The van der Waals surface area contributed by atoms with Crippen molar-refractivity contribution in [3.63, 3.8) is 0 Å². The van der Waals surface area contributed by atoms with Crippen molar-refractivity contribution < 1.29 is 9.21 Å². The van der Waals surface area contributed by atoms with E-state index in [0.29, 0.717) is 22.2 Å². The molecule has 0 unspecified atom stereocenters. The molecule has 3 aromatic rings. The fourth-order valence-corrected chi connectivity index (χ4v) is 2.89. The molecule has 0 saturated heterocycles. The molecule has 26 heavy (non-hydrogen) atoms. The third kappa shape index (κ3) is 4.05. The Morgan fingerprint density at radius 3 is 2.58 bits per heavy atom. The number of amides is 1. The van der Waals surface area contributed by atoms with Crippen LogP contribution in [0.25, 0.3) is 17.4 Å². The van der Waals surface area contributed by atoms with Crippen molar-refractivity contribution >= 4 is 45.2 Å². The predicted molar refractivity (Wildman–Crippen MR) is 106 cm³/mol. The third-order valence-electron chi connectivity index (χ3n) is 3.54. The summed E-state index contributed by atoms with van der Waals surface area (Å²) in [5.74, 6) is 0.430. The molecule has 2 aromatic carbocycles. The van der Waals surface area contributed by atoms with Crippen molar-refractivity contribution in [3.8, 4) is 17.4 Å². The van der Waals surface area contributed by atoms with Crippen molar-refractivity contribution in [1.29, 1.82) is 5.26 Å². The number of rotatable bonds is 4. The van der Waals surface area contributed by atoms with Crippen molar-refractivity contribution in [2.24, 2.45) is 0 Å². The number of hydrogen-bond donors (Lipinski definition) is 1.